The molecule has 0 spiro atoms. The number of carbonyl (C=O) groups excluding carboxylic acids is 1. The zero-order valence-corrected chi connectivity index (χ0v) is 19.1. The van der Waals surface area contributed by atoms with Crippen LogP contribution in [0.15, 0.2) is 90.8 Å². The zero-order valence-electron chi connectivity index (χ0n) is 18.3. The molecule has 4 aromatic rings. The Bertz CT molecular complexity index is 1460. The third-order valence-electron chi connectivity index (χ3n) is 5.89. The zero-order chi connectivity index (χ0) is 23.8. The van der Waals surface area contributed by atoms with Crippen LogP contribution in [-0.2, 0) is 11.3 Å². The number of thiocarbonyl (C=S) groups is 1. The molecule has 0 atom stereocenters. The fraction of sp³-hybridized carbons (Fsp3) is 0.0769. The first-order valence-corrected chi connectivity index (χ1v) is 11.0. The lowest BCUT2D eigenvalue weighted by Gasteiger charge is -2.16. The number of non-ortho nitro benzene ring substituents is 1. The maximum absolute atomic E-state index is 13.3. The Morgan fingerprint density at radius 1 is 0.971 bits per heavy atom. The lowest BCUT2D eigenvalue weighted by atomic mass is 10.1. The molecule has 1 fully saturated rings. The van der Waals surface area contributed by atoms with Crippen LogP contribution in [0.4, 0.5) is 11.4 Å². The molecule has 0 bridgehead atoms. The van der Waals surface area contributed by atoms with Gasteiger partial charge in [-0.25, -0.2) is 0 Å². The molecule has 5 rings (SSSR count). The highest BCUT2D eigenvalue weighted by molar-refractivity contribution is 7.80. The van der Waals surface area contributed by atoms with E-state index >= 15 is 0 Å². The normalized spacial score (nSPS) is 15.0. The van der Waals surface area contributed by atoms with Crippen LogP contribution in [0.3, 0.4) is 0 Å². The maximum Gasteiger partial charge on any atom is 0.281 e. The van der Waals surface area contributed by atoms with Crippen molar-refractivity contribution in [1.29, 1.82) is 0 Å². The minimum Gasteiger partial charge on any atom is -0.342 e. The molecule has 3 aromatic carbocycles. The highest BCUT2D eigenvalue weighted by Crippen LogP contribution is 2.30. The number of fused-ring (bicyclic) bond motifs is 1. The number of hydrogen-bond donors (Lipinski definition) is 0. The number of hydrogen-bond acceptors (Lipinski definition) is 4. The average molecular weight is 469 g/mol. The van der Waals surface area contributed by atoms with E-state index in [2.05, 4.69) is 4.57 Å². The number of benzene rings is 3. The number of para-hydroxylation sites is 2. The summed E-state index contributed by atoms with van der Waals surface area (Å²) in [4.78, 5) is 27.1. The van der Waals surface area contributed by atoms with Crippen molar-refractivity contribution >= 4 is 51.6 Å². The minimum atomic E-state index is -0.405. The molecule has 0 radical (unpaired) electrons. The fourth-order valence-corrected chi connectivity index (χ4v) is 4.44. The molecule has 0 saturated carbocycles. The Morgan fingerprint density at radius 3 is 2.35 bits per heavy atom. The number of nitro groups is 1. The largest absolute Gasteiger partial charge is 0.342 e. The quantitative estimate of drug-likeness (QED) is 0.174. The van der Waals surface area contributed by atoms with E-state index in [0.717, 1.165) is 27.7 Å². The Labute approximate surface area is 201 Å². The van der Waals surface area contributed by atoms with E-state index in [0.29, 0.717) is 17.4 Å². The molecule has 0 N–H and O–H groups in total. The van der Waals surface area contributed by atoms with Crippen LogP contribution >= 0.6 is 12.2 Å². The van der Waals surface area contributed by atoms with Crippen LogP contribution in [0.5, 0.6) is 0 Å². The van der Waals surface area contributed by atoms with Crippen LogP contribution in [0.1, 0.15) is 11.1 Å². The monoisotopic (exact) mass is 468 g/mol. The van der Waals surface area contributed by atoms with E-state index < -0.39 is 4.92 Å². The summed E-state index contributed by atoms with van der Waals surface area (Å²) >= 11 is 5.57. The average Bonchev–Trinajstić information content (AvgIpc) is 3.30. The van der Waals surface area contributed by atoms with Gasteiger partial charge < -0.3 is 9.47 Å². The van der Waals surface area contributed by atoms with E-state index in [-0.39, 0.29) is 11.6 Å². The molecule has 1 aliphatic heterocycles. The van der Waals surface area contributed by atoms with Gasteiger partial charge in [0, 0.05) is 48.4 Å². The highest BCUT2D eigenvalue weighted by Gasteiger charge is 2.36. The van der Waals surface area contributed by atoms with Crippen molar-refractivity contribution in [2.45, 2.75) is 6.54 Å². The van der Waals surface area contributed by atoms with E-state index in [4.69, 9.17) is 12.2 Å². The summed E-state index contributed by atoms with van der Waals surface area (Å²) < 4.78 is 2.08. The van der Waals surface area contributed by atoms with Crippen molar-refractivity contribution in [2.24, 2.45) is 0 Å². The molecule has 1 saturated heterocycles. The predicted molar refractivity (Wildman–Crippen MR) is 136 cm³/mol. The summed E-state index contributed by atoms with van der Waals surface area (Å²) in [6, 6.07) is 23.9. The van der Waals surface area contributed by atoms with Gasteiger partial charge in [-0.2, -0.15) is 0 Å². The molecule has 1 aromatic heterocycles. The van der Waals surface area contributed by atoms with Gasteiger partial charge in [0.05, 0.1) is 10.6 Å². The minimum absolute atomic E-state index is 0.0632. The smallest absolute Gasteiger partial charge is 0.281 e. The molecule has 168 valence electrons. The molecular weight excluding hydrogens is 448 g/mol. The standard InChI is InChI=1S/C26H20N4O3S/c1-27-24(25(31)29(26(27)34)20-7-3-2-4-8-20)15-19-17-28(23-10-6-5-9-22(19)23)16-18-11-13-21(14-12-18)30(32)33/h2-15,17H,16H2,1H3/b24-15-. The van der Waals surface area contributed by atoms with Gasteiger partial charge in [0.2, 0.25) is 0 Å². The van der Waals surface area contributed by atoms with Crippen molar-refractivity contribution < 1.29 is 9.72 Å². The van der Waals surface area contributed by atoms with E-state index in [1.165, 1.54) is 17.0 Å². The molecule has 8 heteroatoms. The summed E-state index contributed by atoms with van der Waals surface area (Å²) in [5.74, 6) is -0.175. The van der Waals surface area contributed by atoms with Crippen molar-refractivity contribution in [3.8, 4) is 0 Å². The topological polar surface area (TPSA) is 71.6 Å². The Kier molecular flexibility index (Phi) is 5.43. The summed E-state index contributed by atoms with van der Waals surface area (Å²) in [6.07, 6.45) is 3.86. The van der Waals surface area contributed by atoms with Crippen LogP contribution in [-0.4, -0.2) is 32.5 Å². The van der Waals surface area contributed by atoms with Crippen LogP contribution < -0.4 is 4.90 Å². The first kappa shape index (κ1) is 21.5. The first-order chi connectivity index (χ1) is 16.4. The molecule has 2 heterocycles. The number of anilines is 1. The Balaban J connectivity index is 1.53. The van der Waals surface area contributed by atoms with Gasteiger partial charge in [-0.05, 0) is 42.1 Å². The van der Waals surface area contributed by atoms with Crippen LogP contribution in [0.2, 0.25) is 0 Å². The van der Waals surface area contributed by atoms with Crippen molar-refractivity contribution in [3.63, 3.8) is 0 Å². The van der Waals surface area contributed by atoms with Crippen LogP contribution in [0, 0.1) is 10.1 Å². The number of nitro benzene ring substituents is 1. The maximum atomic E-state index is 13.3. The van der Waals surface area contributed by atoms with Gasteiger partial charge in [-0.1, -0.05) is 48.5 Å². The number of likely N-dealkylation sites (N-methyl/N-ethyl adjacent to an activating group) is 1. The second-order valence-corrected chi connectivity index (χ2v) is 8.37. The third-order valence-corrected chi connectivity index (χ3v) is 6.34. The molecule has 0 unspecified atom stereocenters. The lowest BCUT2D eigenvalue weighted by Crippen LogP contribution is -2.30. The fourth-order valence-electron chi connectivity index (χ4n) is 4.15. The van der Waals surface area contributed by atoms with E-state index in [9.17, 15) is 14.9 Å². The Hall–Kier alpha value is -4.30. The summed E-state index contributed by atoms with van der Waals surface area (Å²) in [5, 5.41) is 12.4. The number of rotatable bonds is 5. The highest BCUT2D eigenvalue weighted by atomic mass is 32.1. The van der Waals surface area contributed by atoms with E-state index in [1.807, 2.05) is 66.9 Å². The second-order valence-electron chi connectivity index (χ2n) is 8.00. The summed E-state index contributed by atoms with van der Waals surface area (Å²) in [5.41, 5.74) is 4.12. The first-order valence-electron chi connectivity index (χ1n) is 10.6. The van der Waals surface area contributed by atoms with Gasteiger partial charge in [-0.3, -0.25) is 19.8 Å². The summed E-state index contributed by atoms with van der Waals surface area (Å²) in [7, 11) is 1.80. The van der Waals surface area contributed by atoms with Crippen molar-refractivity contribution in [3.05, 3.63) is 112 Å². The summed E-state index contributed by atoms with van der Waals surface area (Å²) in [6.45, 7) is 0.542. The molecule has 0 aliphatic carbocycles. The second kappa shape index (κ2) is 8.57. The van der Waals surface area contributed by atoms with Gasteiger partial charge in [0.25, 0.3) is 11.6 Å². The lowest BCUT2D eigenvalue weighted by molar-refractivity contribution is -0.384. The molecule has 7 nitrogen and oxygen atoms in total. The number of carbonyl (C=O) groups is 1. The third kappa shape index (κ3) is 3.74. The molecule has 1 aliphatic rings. The van der Waals surface area contributed by atoms with Crippen molar-refractivity contribution in [2.75, 3.05) is 11.9 Å². The number of nitrogens with zero attached hydrogens (tertiary/aromatic N) is 4. The Morgan fingerprint density at radius 2 is 1.65 bits per heavy atom. The van der Waals surface area contributed by atoms with Crippen LogP contribution in [0.25, 0.3) is 17.0 Å². The van der Waals surface area contributed by atoms with E-state index in [1.54, 1.807) is 24.1 Å². The molecule has 34 heavy (non-hydrogen) atoms. The van der Waals surface area contributed by atoms with Gasteiger partial charge in [0.1, 0.15) is 5.70 Å². The number of aromatic nitrogens is 1. The van der Waals surface area contributed by atoms with Gasteiger partial charge >= 0.3 is 0 Å². The van der Waals surface area contributed by atoms with Gasteiger partial charge in [-0.15, -0.1) is 0 Å². The van der Waals surface area contributed by atoms with Gasteiger partial charge in [0.15, 0.2) is 5.11 Å². The number of amides is 1. The predicted octanol–water partition coefficient (Wildman–Crippen LogP) is 5.20. The molecular formula is C26H20N4O3S. The van der Waals surface area contributed by atoms with Crippen molar-refractivity contribution in [1.82, 2.24) is 9.47 Å². The SMILES string of the molecule is CN1C(=S)N(c2ccccc2)C(=O)/C1=C/c1cn(Cc2ccc([N+](=O)[O-])cc2)c2ccccc12. The molecule has 1 amide bonds.